The van der Waals surface area contributed by atoms with Crippen molar-refractivity contribution in [3.05, 3.63) is 17.8 Å². The van der Waals surface area contributed by atoms with Crippen LogP contribution in [0.2, 0.25) is 0 Å². The first-order chi connectivity index (χ1) is 10.6. The van der Waals surface area contributed by atoms with Crippen molar-refractivity contribution >= 4 is 17.8 Å². The van der Waals surface area contributed by atoms with Gasteiger partial charge in [0.15, 0.2) is 11.6 Å². The summed E-state index contributed by atoms with van der Waals surface area (Å²) in [5.74, 6) is -0.715. The first-order valence-electron chi connectivity index (χ1n) is 7.43. The highest BCUT2D eigenvalue weighted by atomic mass is 19.1. The predicted molar refractivity (Wildman–Crippen MR) is 76.6 cm³/mol. The summed E-state index contributed by atoms with van der Waals surface area (Å²) < 4.78 is 14.1. The van der Waals surface area contributed by atoms with Gasteiger partial charge < -0.3 is 10.6 Å². The number of rotatable bonds is 4. The first-order valence-corrected chi connectivity index (χ1v) is 7.43. The van der Waals surface area contributed by atoms with Crippen molar-refractivity contribution in [2.45, 2.75) is 38.1 Å². The van der Waals surface area contributed by atoms with Crippen molar-refractivity contribution in [1.82, 2.24) is 20.6 Å². The van der Waals surface area contributed by atoms with Crippen molar-refractivity contribution in [1.29, 1.82) is 0 Å². The molecule has 3 amide bonds. The molecule has 3 rings (SSSR count). The molecule has 1 aromatic rings. The minimum atomic E-state index is -0.874. The van der Waals surface area contributed by atoms with Crippen molar-refractivity contribution in [3.63, 3.8) is 0 Å². The SMILES string of the molecule is CCc1ncnc(NC[C@@H]2CCC[C@]23NC(=O)NC3=O)c1F. The lowest BCUT2D eigenvalue weighted by atomic mass is 9.87. The van der Waals surface area contributed by atoms with E-state index in [1.54, 1.807) is 0 Å². The quantitative estimate of drug-likeness (QED) is 0.720. The molecule has 22 heavy (non-hydrogen) atoms. The van der Waals surface area contributed by atoms with E-state index in [2.05, 4.69) is 25.9 Å². The molecule has 2 aliphatic rings. The third-order valence-electron chi connectivity index (χ3n) is 4.50. The van der Waals surface area contributed by atoms with Crippen molar-refractivity contribution in [2.75, 3.05) is 11.9 Å². The molecule has 118 valence electrons. The smallest absolute Gasteiger partial charge is 0.322 e. The number of aryl methyl sites for hydroxylation is 1. The number of carbonyl (C=O) groups is 2. The summed E-state index contributed by atoms with van der Waals surface area (Å²) in [4.78, 5) is 31.3. The van der Waals surface area contributed by atoms with Gasteiger partial charge in [-0.15, -0.1) is 0 Å². The van der Waals surface area contributed by atoms with Crippen LogP contribution in [-0.4, -0.2) is 34.0 Å². The Labute approximate surface area is 127 Å². The lowest BCUT2D eigenvalue weighted by Gasteiger charge is -2.28. The highest BCUT2D eigenvalue weighted by molar-refractivity contribution is 6.07. The van der Waals surface area contributed by atoms with Crippen molar-refractivity contribution in [3.8, 4) is 0 Å². The standard InChI is InChI=1S/C14H18FN5O2/c1-2-9-10(15)11(18-7-17-9)16-6-8-4-3-5-14(8)12(21)19-13(22)20-14/h7-8H,2-6H2,1H3,(H,16,17,18)(H2,19,20,21,22)/t8-,14-/m0/s1. The van der Waals surface area contributed by atoms with Crippen LogP contribution in [0.3, 0.4) is 0 Å². The summed E-state index contributed by atoms with van der Waals surface area (Å²) >= 11 is 0. The molecule has 0 unspecified atom stereocenters. The third kappa shape index (κ3) is 2.28. The fraction of sp³-hybridized carbons (Fsp3) is 0.571. The maximum absolute atomic E-state index is 14.1. The number of imide groups is 1. The zero-order valence-corrected chi connectivity index (χ0v) is 12.3. The summed E-state index contributed by atoms with van der Waals surface area (Å²) in [7, 11) is 0. The Morgan fingerprint density at radius 2 is 2.27 bits per heavy atom. The topological polar surface area (TPSA) is 96.0 Å². The molecule has 2 fully saturated rings. The predicted octanol–water partition coefficient (Wildman–Crippen LogP) is 0.968. The largest absolute Gasteiger partial charge is 0.367 e. The second-order valence-corrected chi connectivity index (χ2v) is 5.69. The number of hydrogen-bond donors (Lipinski definition) is 3. The van der Waals surface area contributed by atoms with Gasteiger partial charge in [0.25, 0.3) is 5.91 Å². The molecule has 0 aromatic carbocycles. The number of hydrogen-bond acceptors (Lipinski definition) is 5. The summed E-state index contributed by atoms with van der Waals surface area (Å²) in [5.41, 5.74) is -0.521. The molecule has 0 radical (unpaired) electrons. The van der Waals surface area contributed by atoms with Crippen molar-refractivity contribution < 1.29 is 14.0 Å². The second kappa shape index (κ2) is 5.51. The number of urea groups is 1. The number of anilines is 1. The maximum Gasteiger partial charge on any atom is 0.322 e. The van der Waals surface area contributed by atoms with E-state index in [-0.39, 0.29) is 17.6 Å². The van der Waals surface area contributed by atoms with Gasteiger partial charge in [-0.3, -0.25) is 10.1 Å². The van der Waals surface area contributed by atoms with Gasteiger partial charge in [0.05, 0.1) is 5.69 Å². The summed E-state index contributed by atoms with van der Waals surface area (Å²) in [5, 5.41) is 7.99. The zero-order valence-electron chi connectivity index (χ0n) is 12.3. The number of nitrogens with zero attached hydrogens (tertiary/aromatic N) is 2. The minimum Gasteiger partial charge on any atom is -0.367 e. The van der Waals surface area contributed by atoms with Crippen LogP contribution in [0.1, 0.15) is 31.9 Å². The number of nitrogens with one attached hydrogen (secondary N) is 3. The Kier molecular flexibility index (Phi) is 3.67. The molecule has 1 aliphatic heterocycles. The number of aromatic nitrogens is 2. The van der Waals surface area contributed by atoms with Crippen LogP contribution in [0.25, 0.3) is 0 Å². The molecule has 2 atom stereocenters. The van der Waals surface area contributed by atoms with E-state index in [0.29, 0.717) is 25.1 Å². The van der Waals surface area contributed by atoms with Gasteiger partial charge in [-0.1, -0.05) is 13.3 Å². The van der Waals surface area contributed by atoms with Crippen LogP contribution >= 0.6 is 0 Å². The average Bonchev–Trinajstić information content (AvgIpc) is 3.02. The van der Waals surface area contributed by atoms with Crippen LogP contribution in [0.15, 0.2) is 6.33 Å². The van der Waals surface area contributed by atoms with Gasteiger partial charge in [-0.25, -0.2) is 19.2 Å². The summed E-state index contributed by atoms with van der Waals surface area (Å²) in [6.07, 6.45) is 4.03. The maximum atomic E-state index is 14.1. The van der Waals surface area contributed by atoms with E-state index in [4.69, 9.17) is 0 Å². The Bertz CT molecular complexity index is 623. The number of amides is 3. The second-order valence-electron chi connectivity index (χ2n) is 5.69. The van der Waals surface area contributed by atoms with Crippen LogP contribution in [0.4, 0.5) is 15.0 Å². The number of halogens is 1. The van der Waals surface area contributed by atoms with Crippen LogP contribution < -0.4 is 16.0 Å². The lowest BCUT2D eigenvalue weighted by molar-refractivity contribution is -0.125. The Balaban J connectivity index is 1.74. The van der Waals surface area contributed by atoms with Crippen LogP contribution in [0, 0.1) is 11.7 Å². The summed E-state index contributed by atoms with van der Waals surface area (Å²) in [6.45, 7) is 2.18. The molecule has 7 nitrogen and oxygen atoms in total. The molecular formula is C14H18FN5O2. The molecule has 1 spiro atoms. The molecule has 0 bridgehead atoms. The van der Waals surface area contributed by atoms with Gasteiger partial charge in [-0.05, 0) is 19.3 Å². The normalized spacial score (nSPS) is 27.1. The molecular weight excluding hydrogens is 289 g/mol. The van der Waals surface area contributed by atoms with Gasteiger partial charge >= 0.3 is 6.03 Å². The van der Waals surface area contributed by atoms with Crippen molar-refractivity contribution in [2.24, 2.45) is 5.92 Å². The minimum absolute atomic E-state index is 0.0987. The van der Waals surface area contributed by atoms with Crippen LogP contribution in [0.5, 0.6) is 0 Å². The molecule has 8 heteroatoms. The summed E-state index contributed by atoms with van der Waals surface area (Å²) in [6, 6.07) is -0.460. The highest BCUT2D eigenvalue weighted by Gasteiger charge is 2.54. The van der Waals surface area contributed by atoms with Gasteiger partial charge in [0.2, 0.25) is 0 Å². The molecule has 1 saturated carbocycles. The Morgan fingerprint density at radius 3 is 2.95 bits per heavy atom. The molecule has 2 heterocycles. The molecule has 1 aromatic heterocycles. The van der Waals surface area contributed by atoms with Gasteiger partial charge in [0.1, 0.15) is 11.9 Å². The Morgan fingerprint density at radius 1 is 1.45 bits per heavy atom. The first kappa shape index (κ1) is 14.7. The van der Waals surface area contributed by atoms with Gasteiger partial charge in [-0.2, -0.15) is 0 Å². The van der Waals surface area contributed by atoms with Crippen LogP contribution in [-0.2, 0) is 11.2 Å². The van der Waals surface area contributed by atoms with E-state index in [1.807, 2.05) is 6.92 Å². The highest BCUT2D eigenvalue weighted by Crippen LogP contribution is 2.38. The van der Waals surface area contributed by atoms with Gasteiger partial charge in [0, 0.05) is 12.5 Å². The average molecular weight is 307 g/mol. The molecule has 1 saturated heterocycles. The van der Waals surface area contributed by atoms with E-state index in [9.17, 15) is 14.0 Å². The molecule has 3 N–H and O–H groups in total. The fourth-order valence-corrected chi connectivity index (χ4v) is 3.32. The third-order valence-corrected chi connectivity index (χ3v) is 4.50. The molecule has 1 aliphatic carbocycles. The Hall–Kier alpha value is -2.25. The zero-order chi connectivity index (χ0) is 15.7. The number of carbonyl (C=O) groups excluding carboxylic acids is 2. The fourth-order valence-electron chi connectivity index (χ4n) is 3.32. The van der Waals surface area contributed by atoms with E-state index in [1.165, 1.54) is 6.33 Å². The van der Waals surface area contributed by atoms with E-state index in [0.717, 1.165) is 12.8 Å². The van der Waals surface area contributed by atoms with E-state index >= 15 is 0 Å². The lowest BCUT2D eigenvalue weighted by Crippen LogP contribution is -2.51. The monoisotopic (exact) mass is 307 g/mol. The van der Waals surface area contributed by atoms with E-state index < -0.39 is 17.4 Å².